The molecule has 8 nitrogen and oxygen atoms in total. The van der Waals surface area contributed by atoms with E-state index in [0.29, 0.717) is 11.5 Å². The zero-order chi connectivity index (χ0) is 18.0. The molecular weight excluding hydrogens is 344 g/mol. The van der Waals surface area contributed by atoms with Crippen LogP contribution in [0.5, 0.6) is 0 Å². The van der Waals surface area contributed by atoms with Crippen molar-refractivity contribution in [1.82, 2.24) is 15.1 Å². The molecule has 0 radical (unpaired) electrons. The molecule has 0 spiro atoms. The van der Waals surface area contributed by atoms with Crippen LogP contribution in [0.1, 0.15) is 30.0 Å². The van der Waals surface area contributed by atoms with Crippen LogP contribution in [0, 0.1) is 0 Å². The Hall–Kier alpha value is -2.52. The van der Waals surface area contributed by atoms with Crippen LogP contribution >= 0.6 is 0 Å². The fourth-order valence-electron chi connectivity index (χ4n) is 2.36. The van der Waals surface area contributed by atoms with E-state index in [1.807, 2.05) is 0 Å². The summed E-state index contributed by atoms with van der Waals surface area (Å²) >= 11 is 0. The molecule has 1 amide bonds. The Morgan fingerprint density at radius 3 is 2.48 bits per heavy atom. The molecule has 1 aromatic carbocycles. The third-order valence-electron chi connectivity index (χ3n) is 3.92. The Bertz CT molecular complexity index is 947. The lowest BCUT2D eigenvalue weighted by Gasteiger charge is -2.08. The lowest BCUT2D eigenvalue weighted by molar-refractivity contribution is -0.122. The van der Waals surface area contributed by atoms with E-state index < -0.39 is 10.0 Å². The number of rotatable bonds is 6. The van der Waals surface area contributed by atoms with Crippen molar-refractivity contribution in [3.63, 3.8) is 0 Å². The molecule has 0 saturated heterocycles. The number of carbonyl (C=O) groups excluding carboxylic acids is 1. The number of sulfonamides is 1. The van der Waals surface area contributed by atoms with E-state index in [0.717, 1.165) is 23.2 Å². The predicted molar refractivity (Wildman–Crippen MR) is 90.1 cm³/mol. The molecule has 0 atom stereocenters. The second-order valence-corrected chi connectivity index (χ2v) is 7.56. The molecule has 25 heavy (non-hydrogen) atoms. The van der Waals surface area contributed by atoms with E-state index in [9.17, 15) is 18.0 Å². The minimum atomic E-state index is -3.74. The van der Waals surface area contributed by atoms with Gasteiger partial charge in [-0.1, -0.05) is 12.1 Å². The molecule has 0 unspecified atom stereocenters. The Balaban J connectivity index is 1.60. The molecule has 1 aromatic heterocycles. The molecule has 3 N–H and O–H groups in total. The Kier molecular flexibility index (Phi) is 4.69. The van der Waals surface area contributed by atoms with Gasteiger partial charge in [-0.05, 0) is 36.6 Å². The van der Waals surface area contributed by atoms with Crippen LogP contribution in [-0.4, -0.2) is 24.1 Å². The molecule has 3 rings (SSSR count). The Labute approximate surface area is 144 Å². The predicted octanol–water partition coefficient (Wildman–Crippen LogP) is 0.0845. The molecule has 132 valence electrons. The highest BCUT2D eigenvalue weighted by Gasteiger charge is 2.25. The average Bonchev–Trinajstić information content (AvgIpc) is 3.39. The van der Waals surface area contributed by atoms with Crippen LogP contribution in [0.4, 0.5) is 0 Å². The summed E-state index contributed by atoms with van der Waals surface area (Å²) in [4.78, 5) is 23.9. The number of amides is 1. The van der Waals surface area contributed by atoms with Crippen molar-refractivity contribution in [1.29, 1.82) is 0 Å². The SMILES string of the molecule is NS(=O)(=O)c1ccc(CNC(=O)Cn2nc(C3CC3)ccc2=O)cc1. The maximum atomic E-state index is 12.0. The Morgan fingerprint density at radius 1 is 1.20 bits per heavy atom. The summed E-state index contributed by atoms with van der Waals surface area (Å²) in [7, 11) is -3.74. The lowest BCUT2D eigenvalue weighted by atomic mass is 10.2. The van der Waals surface area contributed by atoms with Gasteiger partial charge in [0, 0.05) is 18.5 Å². The minimum Gasteiger partial charge on any atom is -0.350 e. The maximum absolute atomic E-state index is 12.0. The molecule has 1 aliphatic carbocycles. The van der Waals surface area contributed by atoms with Crippen molar-refractivity contribution in [2.24, 2.45) is 5.14 Å². The summed E-state index contributed by atoms with van der Waals surface area (Å²) in [5.41, 5.74) is 1.23. The first kappa shape index (κ1) is 17.3. The van der Waals surface area contributed by atoms with Gasteiger partial charge in [-0.3, -0.25) is 9.59 Å². The van der Waals surface area contributed by atoms with Crippen molar-refractivity contribution in [2.45, 2.75) is 36.7 Å². The second-order valence-electron chi connectivity index (χ2n) is 5.99. The van der Waals surface area contributed by atoms with Gasteiger partial charge in [0.15, 0.2) is 0 Å². The van der Waals surface area contributed by atoms with E-state index in [-0.39, 0.29) is 29.5 Å². The van der Waals surface area contributed by atoms with E-state index >= 15 is 0 Å². The van der Waals surface area contributed by atoms with Crippen molar-refractivity contribution in [2.75, 3.05) is 0 Å². The average molecular weight is 362 g/mol. The van der Waals surface area contributed by atoms with Crippen molar-refractivity contribution >= 4 is 15.9 Å². The zero-order valence-corrected chi connectivity index (χ0v) is 14.2. The third kappa shape index (κ3) is 4.52. The number of benzene rings is 1. The summed E-state index contributed by atoms with van der Waals surface area (Å²) in [6.07, 6.45) is 2.12. The van der Waals surface area contributed by atoms with Gasteiger partial charge >= 0.3 is 0 Å². The molecule has 9 heteroatoms. The van der Waals surface area contributed by atoms with E-state index in [2.05, 4.69) is 10.4 Å². The normalized spacial score (nSPS) is 14.3. The first-order valence-electron chi connectivity index (χ1n) is 7.79. The van der Waals surface area contributed by atoms with Crippen molar-refractivity contribution in [3.05, 3.63) is 58.0 Å². The third-order valence-corrected chi connectivity index (χ3v) is 4.85. The van der Waals surface area contributed by atoms with Gasteiger partial charge < -0.3 is 5.32 Å². The molecule has 1 aliphatic rings. The summed E-state index contributed by atoms with van der Waals surface area (Å²) in [6.45, 7) is 0.0510. The summed E-state index contributed by atoms with van der Waals surface area (Å²) in [5, 5.41) is 11.9. The number of carbonyl (C=O) groups is 1. The smallest absolute Gasteiger partial charge is 0.267 e. The van der Waals surface area contributed by atoms with Crippen LogP contribution in [0.2, 0.25) is 0 Å². The first-order valence-corrected chi connectivity index (χ1v) is 9.34. The highest BCUT2D eigenvalue weighted by Crippen LogP contribution is 2.38. The molecule has 2 aromatic rings. The zero-order valence-electron chi connectivity index (χ0n) is 13.4. The number of primary sulfonamides is 1. The van der Waals surface area contributed by atoms with Gasteiger partial charge in [-0.25, -0.2) is 18.2 Å². The molecule has 1 saturated carbocycles. The van der Waals surface area contributed by atoms with E-state index in [1.165, 1.54) is 18.2 Å². The lowest BCUT2D eigenvalue weighted by Crippen LogP contribution is -2.33. The van der Waals surface area contributed by atoms with Crippen molar-refractivity contribution in [3.8, 4) is 0 Å². The van der Waals surface area contributed by atoms with Gasteiger partial charge in [-0.2, -0.15) is 5.10 Å². The topological polar surface area (TPSA) is 124 Å². The number of hydrogen-bond acceptors (Lipinski definition) is 5. The number of nitrogens with one attached hydrogen (secondary N) is 1. The highest BCUT2D eigenvalue weighted by molar-refractivity contribution is 7.89. The van der Waals surface area contributed by atoms with Crippen LogP contribution < -0.4 is 16.0 Å². The fourth-order valence-corrected chi connectivity index (χ4v) is 2.88. The number of nitrogens with zero attached hydrogens (tertiary/aromatic N) is 2. The van der Waals surface area contributed by atoms with Crippen LogP contribution in [0.15, 0.2) is 46.1 Å². The highest BCUT2D eigenvalue weighted by atomic mass is 32.2. The van der Waals surface area contributed by atoms with E-state index in [4.69, 9.17) is 5.14 Å². The standard InChI is InChI=1S/C16H18N4O4S/c17-25(23,24)13-5-1-11(2-6-13)9-18-15(21)10-20-16(22)8-7-14(19-20)12-3-4-12/h1-2,5-8,12H,3-4,9-10H2,(H,18,21)(H2,17,23,24). The van der Waals surface area contributed by atoms with Gasteiger partial charge in [0.25, 0.3) is 5.56 Å². The Morgan fingerprint density at radius 2 is 1.88 bits per heavy atom. The first-order chi connectivity index (χ1) is 11.8. The summed E-state index contributed by atoms with van der Waals surface area (Å²) in [5.74, 6) is 0.0466. The molecular formula is C16H18N4O4S. The number of nitrogens with two attached hydrogens (primary N) is 1. The fraction of sp³-hybridized carbons (Fsp3) is 0.312. The second kappa shape index (κ2) is 6.77. The summed E-state index contributed by atoms with van der Waals surface area (Å²) < 4.78 is 23.5. The molecule has 1 fully saturated rings. The molecule has 0 aliphatic heterocycles. The monoisotopic (exact) mass is 362 g/mol. The van der Waals surface area contributed by atoms with Gasteiger partial charge in [0.2, 0.25) is 15.9 Å². The molecule has 1 heterocycles. The summed E-state index contributed by atoms with van der Waals surface area (Å²) in [6, 6.07) is 9.03. The van der Waals surface area contributed by atoms with Gasteiger partial charge in [-0.15, -0.1) is 0 Å². The largest absolute Gasteiger partial charge is 0.350 e. The van der Waals surface area contributed by atoms with Gasteiger partial charge in [0.05, 0.1) is 10.6 Å². The number of hydrogen-bond donors (Lipinski definition) is 2. The molecule has 0 bridgehead atoms. The van der Waals surface area contributed by atoms with Crippen molar-refractivity contribution < 1.29 is 13.2 Å². The number of aromatic nitrogens is 2. The van der Waals surface area contributed by atoms with Crippen LogP contribution in [0.3, 0.4) is 0 Å². The van der Waals surface area contributed by atoms with Crippen LogP contribution in [-0.2, 0) is 27.9 Å². The minimum absolute atomic E-state index is 0.00946. The quantitative estimate of drug-likeness (QED) is 0.753. The van der Waals surface area contributed by atoms with Crippen LogP contribution in [0.25, 0.3) is 0 Å². The maximum Gasteiger partial charge on any atom is 0.267 e. The van der Waals surface area contributed by atoms with Gasteiger partial charge in [0.1, 0.15) is 6.54 Å². The van der Waals surface area contributed by atoms with E-state index in [1.54, 1.807) is 18.2 Å².